The molecule has 4 heteroatoms. The zero-order valence-corrected chi connectivity index (χ0v) is 12.6. The Morgan fingerprint density at radius 2 is 2.00 bits per heavy atom. The van der Waals surface area contributed by atoms with Crippen molar-refractivity contribution < 1.29 is 9.21 Å². The lowest BCUT2D eigenvalue weighted by Crippen LogP contribution is -2.33. The van der Waals surface area contributed by atoms with E-state index in [4.69, 9.17) is 16.0 Å². The van der Waals surface area contributed by atoms with Crippen LogP contribution in [0.25, 0.3) is 0 Å². The number of carbonyl (C=O) groups is 1. The topological polar surface area (TPSA) is 33.5 Å². The van der Waals surface area contributed by atoms with Gasteiger partial charge in [0.15, 0.2) is 5.76 Å². The van der Waals surface area contributed by atoms with Crippen LogP contribution >= 0.6 is 11.6 Å². The van der Waals surface area contributed by atoms with Gasteiger partial charge in [0.1, 0.15) is 0 Å². The quantitative estimate of drug-likeness (QED) is 0.826. The van der Waals surface area contributed by atoms with Crippen molar-refractivity contribution in [1.29, 1.82) is 0 Å². The molecule has 0 radical (unpaired) electrons. The molecular formula is C17H18ClNO2. The number of furan rings is 1. The Bertz CT molecular complexity index is 592. The monoisotopic (exact) mass is 303 g/mol. The molecule has 0 saturated carbocycles. The van der Waals surface area contributed by atoms with Gasteiger partial charge in [-0.15, -0.1) is 0 Å². The van der Waals surface area contributed by atoms with E-state index in [9.17, 15) is 4.79 Å². The predicted molar refractivity (Wildman–Crippen MR) is 82.7 cm³/mol. The molecule has 0 N–H and O–H groups in total. The number of carbonyl (C=O) groups excluding carboxylic acids is 1. The molecule has 2 heterocycles. The first-order chi connectivity index (χ1) is 10.2. The predicted octanol–water partition coefficient (Wildman–Crippen LogP) is 4.34. The van der Waals surface area contributed by atoms with E-state index in [1.165, 1.54) is 5.56 Å². The van der Waals surface area contributed by atoms with Gasteiger partial charge in [-0.05, 0) is 42.7 Å². The maximum Gasteiger partial charge on any atom is 0.289 e. The standard InChI is InChI=1S/C17H18ClNO2/c18-15-8-6-13(7-9-15)14-4-1-2-10-19(12-14)17(20)16-5-3-11-21-16/h3,5-9,11,14H,1-2,4,10,12H2. The van der Waals surface area contributed by atoms with Gasteiger partial charge in [0.25, 0.3) is 5.91 Å². The fraction of sp³-hybridized carbons (Fsp3) is 0.353. The van der Waals surface area contributed by atoms with Gasteiger partial charge in [-0.3, -0.25) is 4.79 Å². The van der Waals surface area contributed by atoms with Crippen molar-refractivity contribution in [3.05, 3.63) is 59.0 Å². The normalized spacial score (nSPS) is 19.3. The van der Waals surface area contributed by atoms with Crippen molar-refractivity contribution in [2.24, 2.45) is 0 Å². The Balaban J connectivity index is 1.77. The van der Waals surface area contributed by atoms with Crippen LogP contribution in [0.4, 0.5) is 0 Å². The Hall–Kier alpha value is -1.74. The molecule has 1 aromatic carbocycles. The van der Waals surface area contributed by atoms with Crippen molar-refractivity contribution in [2.75, 3.05) is 13.1 Å². The summed E-state index contributed by atoms with van der Waals surface area (Å²) >= 11 is 5.95. The summed E-state index contributed by atoms with van der Waals surface area (Å²) in [5.41, 5.74) is 1.25. The number of nitrogens with zero attached hydrogens (tertiary/aromatic N) is 1. The summed E-state index contributed by atoms with van der Waals surface area (Å²) in [7, 11) is 0. The third-order valence-corrected chi connectivity index (χ3v) is 4.28. The van der Waals surface area contributed by atoms with E-state index in [0.717, 1.165) is 37.4 Å². The minimum Gasteiger partial charge on any atom is -0.459 e. The molecule has 1 amide bonds. The number of halogens is 1. The molecule has 3 rings (SSSR count). The van der Waals surface area contributed by atoms with Crippen LogP contribution in [-0.2, 0) is 0 Å². The van der Waals surface area contributed by atoms with E-state index in [2.05, 4.69) is 12.1 Å². The molecule has 3 nitrogen and oxygen atoms in total. The second-order valence-electron chi connectivity index (χ2n) is 5.47. The van der Waals surface area contributed by atoms with E-state index in [1.54, 1.807) is 18.4 Å². The van der Waals surface area contributed by atoms with Gasteiger partial charge in [0, 0.05) is 24.0 Å². The van der Waals surface area contributed by atoms with E-state index in [-0.39, 0.29) is 5.91 Å². The van der Waals surface area contributed by atoms with Crippen LogP contribution in [0.5, 0.6) is 0 Å². The van der Waals surface area contributed by atoms with Crippen LogP contribution in [0, 0.1) is 0 Å². The summed E-state index contributed by atoms with van der Waals surface area (Å²) in [6.45, 7) is 1.53. The second-order valence-corrected chi connectivity index (χ2v) is 5.91. The summed E-state index contributed by atoms with van der Waals surface area (Å²) < 4.78 is 5.24. The second kappa shape index (κ2) is 6.35. The van der Waals surface area contributed by atoms with E-state index >= 15 is 0 Å². The summed E-state index contributed by atoms with van der Waals surface area (Å²) in [6.07, 6.45) is 4.82. The lowest BCUT2D eigenvalue weighted by molar-refractivity contribution is 0.0722. The molecule has 1 aliphatic rings. The Morgan fingerprint density at radius 3 is 2.71 bits per heavy atom. The molecule has 110 valence electrons. The van der Waals surface area contributed by atoms with Gasteiger partial charge in [0.2, 0.25) is 0 Å². The van der Waals surface area contributed by atoms with Gasteiger partial charge in [-0.1, -0.05) is 30.2 Å². The molecule has 1 aliphatic heterocycles. The van der Waals surface area contributed by atoms with Crippen LogP contribution in [0.1, 0.15) is 41.3 Å². The third-order valence-electron chi connectivity index (χ3n) is 4.03. The molecule has 0 aliphatic carbocycles. The first kappa shape index (κ1) is 14.2. The molecule has 0 bridgehead atoms. The number of hydrogen-bond acceptors (Lipinski definition) is 2. The van der Waals surface area contributed by atoms with Crippen molar-refractivity contribution in [2.45, 2.75) is 25.2 Å². The van der Waals surface area contributed by atoms with Crippen LogP contribution in [0.3, 0.4) is 0 Å². The number of benzene rings is 1. The summed E-state index contributed by atoms with van der Waals surface area (Å²) in [6, 6.07) is 11.4. The van der Waals surface area contributed by atoms with Crippen molar-refractivity contribution in [1.82, 2.24) is 4.90 Å². The van der Waals surface area contributed by atoms with Crippen LogP contribution in [-0.4, -0.2) is 23.9 Å². The van der Waals surface area contributed by atoms with E-state index in [0.29, 0.717) is 11.7 Å². The minimum absolute atomic E-state index is 0.0131. The average Bonchev–Trinajstić information content (AvgIpc) is 2.92. The van der Waals surface area contributed by atoms with Crippen LogP contribution in [0.15, 0.2) is 47.1 Å². The molecule has 1 saturated heterocycles. The summed E-state index contributed by atoms with van der Waals surface area (Å²) in [4.78, 5) is 14.4. The maximum atomic E-state index is 12.5. The highest BCUT2D eigenvalue weighted by molar-refractivity contribution is 6.30. The number of amides is 1. The number of rotatable bonds is 2. The molecule has 21 heavy (non-hydrogen) atoms. The maximum absolute atomic E-state index is 12.5. The molecule has 2 aromatic rings. The minimum atomic E-state index is -0.0131. The largest absolute Gasteiger partial charge is 0.459 e. The van der Waals surface area contributed by atoms with Crippen molar-refractivity contribution in [3.8, 4) is 0 Å². The van der Waals surface area contributed by atoms with Gasteiger partial charge in [0.05, 0.1) is 6.26 Å². The van der Waals surface area contributed by atoms with Crippen molar-refractivity contribution in [3.63, 3.8) is 0 Å². The van der Waals surface area contributed by atoms with E-state index in [1.807, 2.05) is 17.0 Å². The molecule has 1 fully saturated rings. The Morgan fingerprint density at radius 1 is 1.19 bits per heavy atom. The zero-order chi connectivity index (χ0) is 14.7. The highest BCUT2D eigenvalue weighted by Gasteiger charge is 2.25. The van der Waals surface area contributed by atoms with E-state index < -0.39 is 0 Å². The summed E-state index contributed by atoms with van der Waals surface area (Å²) in [5, 5.41) is 0.746. The SMILES string of the molecule is O=C(c1ccco1)N1CCCCC(c2ccc(Cl)cc2)C1. The molecule has 1 unspecified atom stereocenters. The van der Waals surface area contributed by atoms with Crippen LogP contribution < -0.4 is 0 Å². The Labute approximate surface area is 129 Å². The highest BCUT2D eigenvalue weighted by Crippen LogP contribution is 2.28. The Kier molecular flexibility index (Phi) is 4.30. The van der Waals surface area contributed by atoms with Gasteiger partial charge < -0.3 is 9.32 Å². The lowest BCUT2D eigenvalue weighted by atomic mass is 9.94. The lowest BCUT2D eigenvalue weighted by Gasteiger charge is -2.24. The number of likely N-dealkylation sites (tertiary alicyclic amines) is 1. The molecular weight excluding hydrogens is 286 g/mol. The van der Waals surface area contributed by atoms with Gasteiger partial charge in [-0.2, -0.15) is 0 Å². The van der Waals surface area contributed by atoms with Crippen molar-refractivity contribution >= 4 is 17.5 Å². The van der Waals surface area contributed by atoms with Gasteiger partial charge >= 0.3 is 0 Å². The summed E-state index contributed by atoms with van der Waals surface area (Å²) in [5.74, 6) is 0.774. The smallest absolute Gasteiger partial charge is 0.289 e. The molecule has 1 aromatic heterocycles. The first-order valence-electron chi connectivity index (χ1n) is 7.32. The fourth-order valence-corrected chi connectivity index (χ4v) is 3.02. The first-order valence-corrected chi connectivity index (χ1v) is 7.70. The molecule has 0 spiro atoms. The third kappa shape index (κ3) is 3.30. The molecule has 1 atom stereocenters. The average molecular weight is 304 g/mol. The number of hydrogen-bond donors (Lipinski definition) is 0. The van der Waals surface area contributed by atoms with Gasteiger partial charge in [-0.25, -0.2) is 0 Å². The highest BCUT2D eigenvalue weighted by atomic mass is 35.5. The van der Waals surface area contributed by atoms with Crippen LogP contribution in [0.2, 0.25) is 5.02 Å². The zero-order valence-electron chi connectivity index (χ0n) is 11.8. The fourth-order valence-electron chi connectivity index (χ4n) is 2.89.